The van der Waals surface area contributed by atoms with Crippen LogP contribution in [-0.2, 0) is 11.2 Å². The average molecular weight is 240 g/mol. The van der Waals surface area contributed by atoms with E-state index in [4.69, 9.17) is 15.9 Å². The number of aliphatic carboxylic acids is 1. The molecule has 0 amide bonds. The summed E-state index contributed by atoms with van der Waals surface area (Å²) in [6, 6.07) is 5.42. The monoisotopic (exact) mass is 240 g/mol. The molecule has 0 aliphatic rings. The molecule has 0 aliphatic carbocycles. The van der Waals surface area contributed by atoms with Gasteiger partial charge in [-0.1, -0.05) is 12.1 Å². The van der Waals surface area contributed by atoms with Crippen molar-refractivity contribution in [2.24, 2.45) is 5.73 Å². The molecule has 0 saturated heterocycles. The summed E-state index contributed by atoms with van der Waals surface area (Å²) in [5.41, 5.74) is 6.12. The van der Waals surface area contributed by atoms with Crippen molar-refractivity contribution in [3.05, 3.63) is 29.8 Å². The average Bonchev–Trinajstić information content (AvgIpc) is 2.08. The van der Waals surface area contributed by atoms with Crippen molar-refractivity contribution in [1.82, 2.24) is 0 Å². The van der Waals surface area contributed by atoms with Crippen LogP contribution in [0.4, 0.5) is 0 Å². The second kappa shape index (κ2) is 9.59. The fourth-order valence-corrected chi connectivity index (χ4v) is 0.973. The van der Waals surface area contributed by atoms with Crippen molar-refractivity contribution in [2.75, 3.05) is 0 Å². The molecule has 87 valence electrons. The van der Waals surface area contributed by atoms with Gasteiger partial charge < -0.3 is 26.9 Å². The molecule has 8 N–H and O–H groups in total. The van der Waals surface area contributed by atoms with E-state index in [1.807, 2.05) is 0 Å². The van der Waals surface area contributed by atoms with E-state index in [1.54, 1.807) is 12.1 Å². The Bertz CT molecular complexity index is 303. The second-order valence-electron chi connectivity index (χ2n) is 2.82. The molecule has 1 aromatic carbocycles. The van der Waals surface area contributed by atoms with Gasteiger partial charge in [0.1, 0.15) is 11.8 Å². The molecule has 0 heterocycles. The number of carbonyl (C=O) groups is 1. The van der Waals surface area contributed by atoms with Gasteiger partial charge in [-0.25, -0.2) is 0 Å². The summed E-state index contributed by atoms with van der Waals surface area (Å²) in [7, 11) is 0. The van der Waals surface area contributed by atoms with Crippen molar-refractivity contribution < 1.29 is 26.0 Å². The van der Waals surface area contributed by atoms with Crippen LogP contribution < -0.4 is 5.73 Å². The van der Waals surface area contributed by atoms with Gasteiger partial charge in [-0.3, -0.25) is 4.79 Å². The van der Waals surface area contributed by atoms with Gasteiger partial charge in [0.25, 0.3) is 0 Å². The van der Waals surface area contributed by atoms with Crippen LogP contribution >= 0.6 is 0 Å². The number of phenolic OH excluding ortho intramolecular Hbond substituents is 1. The van der Waals surface area contributed by atoms with E-state index < -0.39 is 12.0 Å². The Morgan fingerprint density at radius 3 is 2.06 bits per heavy atom. The summed E-state index contributed by atoms with van der Waals surface area (Å²) in [5, 5.41) is 17.5. The third kappa shape index (κ3) is 6.78. The van der Waals surface area contributed by atoms with Crippen molar-refractivity contribution in [1.29, 1.82) is 0 Å². The largest absolute Gasteiger partial charge is 0.508 e. The number of benzene rings is 1. The number of nitrogens with two attached hydrogens (primary N) is 1. The van der Waals surface area contributed by atoms with Crippen LogP contribution in [0.5, 0.6) is 5.75 Å². The summed E-state index contributed by atoms with van der Waals surface area (Å²) < 4.78 is 0. The zero-order valence-corrected chi connectivity index (χ0v) is 11.0. The van der Waals surface area contributed by atoms with Crippen LogP contribution in [0, 0.1) is 0 Å². The Morgan fingerprint density at radius 2 is 1.69 bits per heavy atom. The molecule has 6 nitrogen and oxygen atoms in total. The van der Waals surface area contributed by atoms with Gasteiger partial charge in [0.15, 0.2) is 0 Å². The fourth-order valence-electron chi connectivity index (χ4n) is 0.973. The van der Waals surface area contributed by atoms with Crippen molar-refractivity contribution in [3.63, 3.8) is 0 Å². The molecule has 1 aromatic rings. The Hall–Kier alpha value is -0.630. The van der Waals surface area contributed by atoms with Gasteiger partial charge in [-0.15, -0.1) is 0 Å². The molecule has 0 fully saturated rings. The molecule has 0 spiro atoms. The minimum atomic E-state index is -1.02. The molecule has 1 rings (SSSR count). The molecule has 0 aliphatic heterocycles. The summed E-state index contributed by atoms with van der Waals surface area (Å²) in [5.74, 6) is -0.860. The van der Waals surface area contributed by atoms with Gasteiger partial charge in [0.2, 0.25) is 0 Å². The molecule has 0 aromatic heterocycles. The summed E-state index contributed by atoms with van der Waals surface area (Å²) in [6.45, 7) is 0. The van der Waals surface area contributed by atoms with Crippen LogP contribution in [0.3, 0.4) is 0 Å². The third-order valence-electron chi connectivity index (χ3n) is 1.71. The smallest absolute Gasteiger partial charge is 0.320 e. The van der Waals surface area contributed by atoms with E-state index in [-0.39, 0.29) is 52.7 Å². The first-order valence-electron chi connectivity index (χ1n) is 3.86. The first kappa shape index (κ1) is 20.7. The van der Waals surface area contributed by atoms with E-state index in [9.17, 15) is 4.79 Å². The number of hydrogen-bond donors (Lipinski definition) is 3. The van der Waals surface area contributed by atoms with E-state index in [2.05, 4.69) is 0 Å². The Kier molecular flexibility index (Phi) is 12.4. The summed E-state index contributed by atoms with van der Waals surface area (Å²) in [6.07, 6.45) is 0.273. The topological polar surface area (TPSA) is 147 Å². The summed E-state index contributed by atoms with van der Waals surface area (Å²) in [4.78, 5) is 10.4. The normalized spacial score (nSPS) is 10.1. The van der Waals surface area contributed by atoms with Crippen LogP contribution in [-0.4, -0.2) is 62.7 Å². The zero-order chi connectivity index (χ0) is 9.84. The van der Waals surface area contributed by atoms with Gasteiger partial charge in [0, 0.05) is 29.6 Å². The van der Waals surface area contributed by atoms with Crippen molar-refractivity contribution >= 4 is 35.5 Å². The Balaban J connectivity index is -0.000000563. The Labute approximate surface area is 115 Å². The molecule has 1 atom stereocenters. The predicted molar refractivity (Wildman–Crippen MR) is 60.4 cm³/mol. The fraction of sp³-hybridized carbons (Fsp3) is 0.222. The van der Waals surface area contributed by atoms with Crippen LogP contribution in [0.15, 0.2) is 24.3 Å². The molecular formula is C9H15NNaO5. The third-order valence-corrected chi connectivity index (χ3v) is 1.71. The molecule has 1 radical (unpaired) electrons. The minimum Gasteiger partial charge on any atom is -0.508 e. The number of hydrogen-bond acceptors (Lipinski definition) is 3. The predicted octanol–water partition coefficient (Wildman–Crippen LogP) is -1.68. The zero-order valence-electron chi connectivity index (χ0n) is 8.97. The maximum Gasteiger partial charge on any atom is 0.320 e. The van der Waals surface area contributed by atoms with Gasteiger partial charge >= 0.3 is 5.97 Å². The van der Waals surface area contributed by atoms with E-state index in [1.165, 1.54) is 12.1 Å². The molecule has 0 bridgehead atoms. The number of rotatable bonds is 3. The second-order valence-corrected chi connectivity index (χ2v) is 2.82. The van der Waals surface area contributed by atoms with E-state index in [0.717, 1.165) is 5.56 Å². The number of aromatic hydroxyl groups is 1. The van der Waals surface area contributed by atoms with Gasteiger partial charge in [0.05, 0.1) is 0 Å². The molecule has 7 heteroatoms. The standard InChI is InChI=1S/C9H11NO3.Na.2H2O/c10-8(9(12)13)5-6-1-3-7(11)4-2-6;;;/h1-4,8,11H,5,10H2,(H,12,13);;2*1H2/t8-;;;/m0.../s1. The van der Waals surface area contributed by atoms with E-state index in [0.29, 0.717) is 0 Å². The first-order chi connectivity index (χ1) is 6.09. The number of carboxylic acid groups (broad SMARTS) is 1. The molecular weight excluding hydrogens is 225 g/mol. The number of carboxylic acids is 1. The van der Waals surface area contributed by atoms with Gasteiger partial charge in [-0.2, -0.15) is 0 Å². The number of phenols is 1. The maximum absolute atomic E-state index is 10.4. The quantitative estimate of drug-likeness (QED) is 0.541. The van der Waals surface area contributed by atoms with E-state index >= 15 is 0 Å². The van der Waals surface area contributed by atoms with Crippen molar-refractivity contribution in [2.45, 2.75) is 12.5 Å². The van der Waals surface area contributed by atoms with Crippen molar-refractivity contribution in [3.8, 4) is 5.75 Å². The SMILES string of the molecule is N[C@@H](Cc1ccc(O)cc1)C(=O)O.O.O.[Na]. The van der Waals surface area contributed by atoms with Crippen LogP contribution in [0.1, 0.15) is 5.56 Å². The first-order valence-corrected chi connectivity index (χ1v) is 3.86. The summed E-state index contributed by atoms with van der Waals surface area (Å²) >= 11 is 0. The minimum absolute atomic E-state index is 0. The maximum atomic E-state index is 10.4. The molecule has 0 saturated carbocycles. The molecule has 0 unspecified atom stereocenters. The molecule has 16 heavy (non-hydrogen) atoms. The van der Waals surface area contributed by atoms with Gasteiger partial charge in [-0.05, 0) is 24.1 Å². The van der Waals surface area contributed by atoms with Crippen LogP contribution in [0.2, 0.25) is 0 Å². The van der Waals surface area contributed by atoms with Crippen LogP contribution in [0.25, 0.3) is 0 Å². The Morgan fingerprint density at radius 1 is 1.25 bits per heavy atom.